The summed E-state index contributed by atoms with van der Waals surface area (Å²) in [5.41, 5.74) is 2.29. The van der Waals surface area contributed by atoms with Crippen molar-refractivity contribution in [2.75, 3.05) is 7.05 Å². The van der Waals surface area contributed by atoms with E-state index in [2.05, 4.69) is 24.4 Å². The molecule has 4 heteroatoms. The molecular weight excluding hydrogens is 270 g/mol. The van der Waals surface area contributed by atoms with Crippen molar-refractivity contribution in [3.8, 4) is 0 Å². The van der Waals surface area contributed by atoms with Gasteiger partial charge in [0.15, 0.2) is 0 Å². The van der Waals surface area contributed by atoms with Crippen molar-refractivity contribution < 1.29 is 0 Å². The maximum atomic E-state index is 6.39. The van der Waals surface area contributed by atoms with Crippen molar-refractivity contribution >= 4 is 11.6 Å². The van der Waals surface area contributed by atoms with E-state index in [1.54, 1.807) is 4.68 Å². The third-order valence-corrected chi connectivity index (χ3v) is 5.26. The maximum Gasteiger partial charge on any atom is 0.130 e. The molecule has 1 unspecified atom stereocenters. The molecule has 0 spiro atoms. The molecule has 3 nitrogen and oxygen atoms in total. The molecule has 0 aromatic carbocycles. The van der Waals surface area contributed by atoms with Crippen LogP contribution in [0.2, 0.25) is 5.15 Å². The molecule has 1 aliphatic carbocycles. The Morgan fingerprint density at radius 2 is 1.85 bits per heavy atom. The summed E-state index contributed by atoms with van der Waals surface area (Å²) in [6.07, 6.45) is 10.7. The van der Waals surface area contributed by atoms with Gasteiger partial charge in [-0.05, 0) is 39.2 Å². The van der Waals surface area contributed by atoms with Crippen LogP contribution in [-0.4, -0.2) is 22.9 Å². The predicted octanol–water partition coefficient (Wildman–Crippen LogP) is 3.87. The third-order valence-electron chi connectivity index (χ3n) is 4.78. The van der Waals surface area contributed by atoms with Crippen molar-refractivity contribution in [1.29, 1.82) is 0 Å². The van der Waals surface area contributed by atoms with Crippen molar-refractivity contribution in [3.63, 3.8) is 0 Å². The summed E-state index contributed by atoms with van der Waals surface area (Å²) in [5.74, 6) is 0.774. The van der Waals surface area contributed by atoms with Crippen LogP contribution in [0.4, 0.5) is 0 Å². The Morgan fingerprint density at radius 3 is 2.35 bits per heavy atom. The van der Waals surface area contributed by atoms with Gasteiger partial charge in [0.05, 0.1) is 5.69 Å². The number of hydrogen-bond acceptors (Lipinski definition) is 2. The molecule has 1 heterocycles. The van der Waals surface area contributed by atoms with E-state index in [4.69, 9.17) is 11.6 Å². The zero-order valence-corrected chi connectivity index (χ0v) is 13.8. The van der Waals surface area contributed by atoms with E-state index in [0.29, 0.717) is 6.04 Å². The van der Waals surface area contributed by atoms with Crippen molar-refractivity contribution in [3.05, 3.63) is 16.4 Å². The van der Waals surface area contributed by atoms with Gasteiger partial charge >= 0.3 is 0 Å². The number of halogens is 1. The highest BCUT2D eigenvalue weighted by molar-refractivity contribution is 6.30. The van der Waals surface area contributed by atoms with Gasteiger partial charge in [-0.2, -0.15) is 5.10 Å². The lowest BCUT2D eigenvalue weighted by molar-refractivity contribution is 0.293. The fourth-order valence-corrected chi connectivity index (χ4v) is 3.77. The fraction of sp³-hybridized carbons (Fsp3) is 0.812. The smallest absolute Gasteiger partial charge is 0.130 e. The first-order valence-electron chi connectivity index (χ1n) is 7.98. The SMILES string of the molecule is CNC(Cc1c(C)nn(C)c1Cl)C1CCCCCCC1. The lowest BCUT2D eigenvalue weighted by atomic mass is 9.83. The summed E-state index contributed by atoms with van der Waals surface area (Å²) in [6.45, 7) is 2.06. The molecule has 0 bridgehead atoms. The summed E-state index contributed by atoms with van der Waals surface area (Å²) in [4.78, 5) is 0. The number of hydrogen-bond donors (Lipinski definition) is 1. The van der Waals surface area contributed by atoms with E-state index in [0.717, 1.165) is 23.2 Å². The first-order valence-corrected chi connectivity index (χ1v) is 8.36. The molecular formula is C16H28ClN3. The fourth-order valence-electron chi connectivity index (χ4n) is 3.52. The van der Waals surface area contributed by atoms with Crippen LogP contribution in [0.3, 0.4) is 0 Å². The van der Waals surface area contributed by atoms with Crippen molar-refractivity contribution in [2.24, 2.45) is 13.0 Å². The molecule has 0 radical (unpaired) electrons. The summed E-state index contributed by atoms with van der Waals surface area (Å²) in [5, 5.41) is 8.77. The van der Waals surface area contributed by atoms with Gasteiger partial charge in [0, 0.05) is 18.7 Å². The van der Waals surface area contributed by atoms with E-state index < -0.39 is 0 Å². The second kappa shape index (κ2) is 7.46. The topological polar surface area (TPSA) is 29.9 Å². The summed E-state index contributed by atoms with van der Waals surface area (Å²) in [7, 11) is 4.01. The van der Waals surface area contributed by atoms with Gasteiger partial charge < -0.3 is 5.32 Å². The number of aromatic nitrogens is 2. The van der Waals surface area contributed by atoms with E-state index in [1.165, 1.54) is 50.5 Å². The molecule has 1 atom stereocenters. The van der Waals surface area contributed by atoms with Crippen LogP contribution >= 0.6 is 11.6 Å². The van der Waals surface area contributed by atoms with Gasteiger partial charge in [-0.1, -0.05) is 43.7 Å². The first-order chi connectivity index (χ1) is 9.63. The molecule has 1 aromatic rings. The Labute approximate surface area is 128 Å². The van der Waals surface area contributed by atoms with Crippen molar-refractivity contribution in [2.45, 2.75) is 64.3 Å². The van der Waals surface area contributed by atoms with Crippen LogP contribution in [0, 0.1) is 12.8 Å². The van der Waals surface area contributed by atoms with Gasteiger partial charge in [0.2, 0.25) is 0 Å². The van der Waals surface area contributed by atoms with Crippen molar-refractivity contribution in [1.82, 2.24) is 15.1 Å². The molecule has 0 saturated heterocycles. The van der Waals surface area contributed by atoms with Gasteiger partial charge in [-0.3, -0.25) is 4.68 Å². The van der Waals surface area contributed by atoms with Crippen LogP contribution in [0.15, 0.2) is 0 Å². The summed E-state index contributed by atoms with van der Waals surface area (Å²) >= 11 is 6.39. The third kappa shape index (κ3) is 3.76. The Balaban J connectivity index is 2.07. The minimum absolute atomic E-state index is 0.522. The zero-order valence-electron chi connectivity index (χ0n) is 13.1. The zero-order chi connectivity index (χ0) is 14.5. The van der Waals surface area contributed by atoms with Crippen LogP contribution in [-0.2, 0) is 13.5 Å². The number of aryl methyl sites for hydroxylation is 2. The number of rotatable bonds is 4. The average Bonchev–Trinajstić information content (AvgIpc) is 2.62. The Hall–Kier alpha value is -0.540. The number of nitrogens with one attached hydrogen (secondary N) is 1. The lowest BCUT2D eigenvalue weighted by Gasteiger charge is -2.28. The standard InChI is InChI=1S/C16H28ClN3/c1-12-14(16(17)20(3)19-12)11-15(18-2)13-9-7-5-4-6-8-10-13/h13,15,18H,4-11H2,1-3H3. The number of likely N-dealkylation sites (N-methyl/N-ethyl adjacent to an activating group) is 1. The largest absolute Gasteiger partial charge is 0.316 e. The number of nitrogens with zero attached hydrogens (tertiary/aromatic N) is 2. The van der Waals surface area contributed by atoms with E-state index in [1.807, 2.05) is 7.05 Å². The van der Waals surface area contributed by atoms with Gasteiger partial charge in [-0.25, -0.2) is 0 Å². The quantitative estimate of drug-likeness (QED) is 0.914. The van der Waals surface area contributed by atoms with Gasteiger partial charge in [-0.15, -0.1) is 0 Å². The molecule has 2 rings (SSSR count). The van der Waals surface area contributed by atoms with Crippen LogP contribution < -0.4 is 5.32 Å². The second-order valence-electron chi connectivity index (χ2n) is 6.18. The highest BCUT2D eigenvalue weighted by Crippen LogP contribution is 2.28. The molecule has 0 aliphatic heterocycles. The van der Waals surface area contributed by atoms with Crippen LogP contribution in [0.5, 0.6) is 0 Å². The maximum absolute atomic E-state index is 6.39. The molecule has 1 N–H and O–H groups in total. The predicted molar refractivity (Wildman–Crippen MR) is 85.3 cm³/mol. The summed E-state index contributed by atoms with van der Waals surface area (Å²) in [6, 6.07) is 0.522. The van der Waals surface area contributed by atoms with E-state index in [9.17, 15) is 0 Å². The highest BCUT2D eigenvalue weighted by atomic mass is 35.5. The van der Waals surface area contributed by atoms with Crippen LogP contribution in [0.1, 0.15) is 56.2 Å². The normalized spacial score (nSPS) is 19.6. The first kappa shape index (κ1) is 15.8. The monoisotopic (exact) mass is 297 g/mol. The second-order valence-corrected chi connectivity index (χ2v) is 6.54. The molecule has 1 fully saturated rings. The average molecular weight is 298 g/mol. The Kier molecular flexibility index (Phi) is 5.91. The minimum atomic E-state index is 0.522. The molecule has 1 saturated carbocycles. The van der Waals surface area contributed by atoms with Gasteiger partial charge in [0.25, 0.3) is 0 Å². The Morgan fingerprint density at radius 1 is 1.25 bits per heavy atom. The summed E-state index contributed by atoms with van der Waals surface area (Å²) < 4.78 is 1.79. The molecule has 1 aromatic heterocycles. The lowest BCUT2D eigenvalue weighted by Crippen LogP contribution is -2.36. The minimum Gasteiger partial charge on any atom is -0.316 e. The van der Waals surface area contributed by atoms with Crippen LogP contribution in [0.25, 0.3) is 0 Å². The van der Waals surface area contributed by atoms with E-state index >= 15 is 0 Å². The molecule has 0 amide bonds. The molecule has 20 heavy (non-hydrogen) atoms. The molecule has 114 valence electrons. The van der Waals surface area contributed by atoms with E-state index in [-0.39, 0.29) is 0 Å². The molecule has 1 aliphatic rings. The Bertz CT molecular complexity index is 420. The highest BCUT2D eigenvalue weighted by Gasteiger charge is 2.24. The van der Waals surface area contributed by atoms with Gasteiger partial charge in [0.1, 0.15) is 5.15 Å².